The molecule has 120 valence electrons. The third kappa shape index (κ3) is 5.02. The van der Waals surface area contributed by atoms with E-state index in [1.807, 2.05) is 12.3 Å². The number of aryl methyl sites for hydroxylation is 1. The summed E-state index contributed by atoms with van der Waals surface area (Å²) in [6.07, 6.45) is 11.7. The largest absolute Gasteiger partial charge is 0.477 e. The smallest absolute Gasteiger partial charge is 0.231 e. The number of pyridine rings is 1. The van der Waals surface area contributed by atoms with Gasteiger partial charge >= 0.3 is 0 Å². The van der Waals surface area contributed by atoms with E-state index in [1.54, 1.807) is 0 Å². The molecule has 1 aromatic heterocycles. The topological polar surface area (TPSA) is 45.9 Å². The van der Waals surface area contributed by atoms with Gasteiger partial charge in [0.1, 0.15) is 11.6 Å². The van der Waals surface area contributed by atoms with Crippen LogP contribution in [0.25, 0.3) is 0 Å². The molecule has 2 rings (SSSR count). The lowest BCUT2D eigenvalue weighted by Gasteiger charge is -2.26. The number of rotatable bonds is 7. The minimum atomic E-state index is 0.492. The van der Waals surface area contributed by atoms with Gasteiger partial charge in [0, 0.05) is 6.20 Å². The molecule has 0 radical (unpaired) electrons. The van der Waals surface area contributed by atoms with Gasteiger partial charge in [-0.25, -0.2) is 4.98 Å². The summed E-state index contributed by atoms with van der Waals surface area (Å²) in [4.78, 5) is 4.35. The quantitative estimate of drug-likeness (QED) is 0.673. The Kier molecular flexibility index (Phi) is 6.71. The molecule has 1 saturated carbocycles. The van der Waals surface area contributed by atoms with Gasteiger partial charge in [-0.05, 0) is 42.7 Å². The van der Waals surface area contributed by atoms with Gasteiger partial charge in [-0.3, -0.25) is 0 Å². The van der Waals surface area contributed by atoms with Crippen LogP contribution in [0.1, 0.15) is 69.9 Å². The highest BCUT2D eigenvalue weighted by molar-refractivity contribution is 5.40. The van der Waals surface area contributed by atoms with Crippen LogP contribution in [0.4, 0.5) is 0 Å². The highest BCUT2D eigenvalue weighted by Gasteiger charge is 2.18. The first kappa shape index (κ1) is 16.8. The number of hydrogen-bond donors (Lipinski definition) is 0. The number of unbranched alkanes of at least 4 members (excludes halogenated alkanes) is 1. The molecule has 1 aliphatic carbocycles. The molecule has 0 atom stereocenters. The molecule has 0 aromatic carbocycles. The summed E-state index contributed by atoms with van der Waals surface area (Å²) in [6, 6.07) is 4.18. The standard InChI is InChI=1S/C19H28N2O/c1-3-4-11-22-19-18(13-20)12-17(14-21-19)10-9-16-7-5-15(2)6-8-16/h12,14-16H,3-11H2,1-2H3. The molecule has 0 unspecified atom stereocenters. The van der Waals surface area contributed by atoms with Gasteiger partial charge in [-0.15, -0.1) is 0 Å². The van der Waals surface area contributed by atoms with E-state index in [1.165, 1.54) is 32.1 Å². The van der Waals surface area contributed by atoms with Gasteiger partial charge in [0.2, 0.25) is 5.88 Å². The van der Waals surface area contributed by atoms with Crippen molar-refractivity contribution in [2.45, 2.75) is 65.2 Å². The Morgan fingerprint density at radius 3 is 2.77 bits per heavy atom. The van der Waals surface area contributed by atoms with E-state index >= 15 is 0 Å². The number of nitrogens with zero attached hydrogens (tertiary/aromatic N) is 2. The van der Waals surface area contributed by atoms with Crippen molar-refractivity contribution >= 4 is 0 Å². The molecule has 1 heterocycles. The average molecular weight is 300 g/mol. The lowest BCUT2D eigenvalue weighted by molar-refractivity contribution is 0.277. The SMILES string of the molecule is CCCCOc1ncc(CCC2CCC(C)CC2)cc1C#N. The predicted molar refractivity (Wildman–Crippen MR) is 88.8 cm³/mol. The van der Waals surface area contributed by atoms with E-state index in [4.69, 9.17) is 4.74 Å². The third-order valence-corrected chi connectivity index (χ3v) is 4.74. The summed E-state index contributed by atoms with van der Waals surface area (Å²) in [5.74, 6) is 2.25. The minimum Gasteiger partial charge on any atom is -0.477 e. The molecule has 0 spiro atoms. The maximum atomic E-state index is 9.28. The Labute approximate surface area is 134 Å². The summed E-state index contributed by atoms with van der Waals surface area (Å²) in [5.41, 5.74) is 1.74. The number of hydrogen-bond acceptors (Lipinski definition) is 3. The van der Waals surface area contributed by atoms with Crippen molar-refractivity contribution in [2.75, 3.05) is 6.61 Å². The fourth-order valence-corrected chi connectivity index (χ4v) is 3.13. The first-order valence-electron chi connectivity index (χ1n) is 8.74. The molecule has 3 heteroatoms. The number of aromatic nitrogens is 1. The van der Waals surface area contributed by atoms with Crippen LogP contribution in [-0.2, 0) is 6.42 Å². The molecule has 22 heavy (non-hydrogen) atoms. The zero-order chi connectivity index (χ0) is 15.8. The van der Waals surface area contributed by atoms with Crippen molar-refractivity contribution in [3.05, 3.63) is 23.4 Å². The molecule has 0 amide bonds. The summed E-state index contributed by atoms with van der Waals surface area (Å²) in [5, 5.41) is 9.28. The van der Waals surface area contributed by atoms with Gasteiger partial charge in [0.05, 0.1) is 6.61 Å². The maximum absolute atomic E-state index is 9.28. The van der Waals surface area contributed by atoms with Gasteiger partial charge < -0.3 is 4.74 Å². The first-order chi connectivity index (χ1) is 10.7. The van der Waals surface area contributed by atoms with E-state index in [2.05, 4.69) is 24.9 Å². The zero-order valence-corrected chi connectivity index (χ0v) is 14.0. The lowest BCUT2D eigenvalue weighted by atomic mass is 9.80. The minimum absolute atomic E-state index is 0.492. The van der Waals surface area contributed by atoms with E-state index < -0.39 is 0 Å². The third-order valence-electron chi connectivity index (χ3n) is 4.74. The summed E-state index contributed by atoms with van der Waals surface area (Å²) < 4.78 is 5.60. The maximum Gasteiger partial charge on any atom is 0.231 e. The van der Waals surface area contributed by atoms with E-state index in [0.29, 0.717) is 18.1 Å². The van der Waals surface area contributed by atoms with Gasteiger partial charge in [-0.2, -0.15) is 5.26 Å². The van der Waals surface area contributed by atoms with Crippen molar-refractivity contribution in [3.63, 3.8) is 0 Å². The normalized spacial score (nSPS) is 21.3. The molecule has 3 nitrogen and oxygen atoms in total. The molecule has 1 aliphatic rings. The van der Waals surface area contributed by atoms with Gasteiger partial charge in [0.15, 0.2) is 0 Å². The van der Waals surface area contributed by atoms with Crippen LogP contribution in [0, 0.1) is 23.2 Å². The Balaban J connectivity index is 1.87. The summed E-state index contributed by atoms with van der Waals surface area (Å²) >= 11 is 0. The Morgan fingerprint density at radius 1 is 1.32 bits per heavy atom. The average Bonchev–Trinajstić information content (AvgIpc) is 2.55. The first-order valence-corrected chi connectivity index (χ1v) is 8.74. The molecule has 1 fully saturated rings. The molecule has 0 N–H and O–H groups in total. The van der Waals surface area contributed by atoms with Gasteiger partial charge in [0.25, 0.3) is 0 Å². The monoisotopic (exact) mass is 300 g/mol. The van der Waals surface area contributed by atoms with Crippen LogP contribution in [-0.4, -0.2) is 11.6 Å². The van der Waals surface area contributed by atoms with Crippen LogP contribution >= 0.6 is 0 Å². The summed E-state index contributed by atoms with van der Waals surface area (Å²) in [6.45, 7) is 5.12. The molecule has 1 aromatic rings. The van der Waals surface area contributed by atoms with E-state index in [0.717, 1.165) is 36.7 Å². The van der Waals surface area contributed by atoms with Crippen LogP contribution in [0.2, 0.25) is 0 Å². The van der Waals surface area contributed by atoms with Gasteiger partial charge in [-0.1, -0.05) is 46.0 Å². The fraction of sp³-hybridized carbons (Fsp3) is 0.684. The van der Waals surface area contributed by atoms with E-state index in [-0.39, 0.29) is 0 Å². The van der Waals surface area contributed by atoms with Crippen molar-refractivity contribution in [1.82, 2.24) is 4.98 Å². The highest BCUT2D eigenvalue weighted by Crippen LogP contribution is 2.31. The number of nitriles is 1. The van der Waals surface area contributed by atoms with Crippen molar-refractivity contribution in [2.24, 2.45) is 11.8 Å². The van der Waals surface area contributed by atoms with Crippen LogP contribution in [0.5, 0.6) is 5.88 Å². The second-order valence-electron chi connectivity index (χ2n) is 6.67. The number of ether oxygens (including phenoxy) is 1. The van der Waals surface area contributed by atoms with Crippen LogP contribution < -0.4 is 4.74 Å². The predicted octanol–water partition coefficient (Wildman–Crippen LogP) is 4.89. The van der Waals surface area contributed by atoms with Crippen LogP contribution in [0.15, 0.2) is 12.3 Å². The molecule has 0 bridgehead atoms. The lowest BCUT2D eigenvalue weighted by Crippen LogP contribution is -2.13. The Morgan fingerprint density at radius 2 is 2.09 bits per heavy atom. The highest BCUT2D eigenvalue weighted by atomic mass is 16.5. The molecular formula is C19H28N2O. The van der Waals surface area contributed by atoms with E-state index in [9.17, 15) is 5.26 Å². The molecular weight excluding hydrogens is 272 g/mol. The van der Waals surface area contributed by atoms with Crippen molar-refractivity contribution in [1.29, 1.82) is 5.26 Å². The van der Waals surface area contributed by atoms with Crippen LogP contribution in [0.3, 0.4) is 0 Å². The second-order valence-corrected chi connectivity index (χ2v) is 6.67. The summed E-state index contributed by atoms with van der Waals surface area (Å²) in [7, 11) is 0. The Hall–Kier alpha value is -1.56. The fourth-order valence-electron chi connectivity index (χ4n) is 3.13. The van der Waals surface area contributed by atoms with Crippen molar-refractivity contribution in [3.8, 4) is 11.9 Å². The Bertz CT molecular complexity index is 499. The van der Waals surface area contributed by atoms with Crippen molar-refractivity contribution < 1.29 is 4.74 Å². The zero-order valence-electron chi connectivity index (χ0n) is 14.0. The second kappa shape index (κ2) is 8.78. The molecule has 0 saturated heterocycles. The molecule has 0 aliphatic heterocycles.